The van der Waals surface area contributed by atoms with Crippen molar-refractivity contribution in [2.75, 3.05) is 0 Å². The van der Waals surface area contributed by atoms with Crippen LogP contribution in [0.4, 0.5) is 0 Å². The van der Waals surface area contributed by atoms with Gasteiger partial charge in [0, 0.05) is 16.8 Å². The fourth-order valence-corrected chi connectivity index (χ4v) is 1.70. The first kappa shape index (κ1) is 10.2. The Morgan fingerprint density at radius 1 is 1.20 bits per heavy atom. The number of aryl methyl sites for hydroxylation is 2. The molecule has 0 saturated carbocycles. The number of hydrogen-bond acceptors (Lipinski definition) is 1. The summed E-state index contributed by atoms with van der Waals surface area (Å²) >= 11 is 6.11. The molecular weight excluding hydrogens is 206 g/mol. The highest BCUT2D eigenvalue weighted by molar-refractivity contribution is 6.32. The number of halogens is 1. The number of rotatable bonds is 1. The number of benzene rings is 1. The molecule has 2 aromatic rings. The van der Waals surface area contributed by atoms with Gasteiger partial charge in [0.1, 0.15) is 0 Å². The van der Waals surface area contributed by atoms with Gasteiger partial charge in [0.15, 0.2) is 0 Å². The third kappa shape index (κ3) is 2.02. The molecule has 0 aliphatic rings. The predicted molar refractivity (Wildman–Crippen MR) is 63.0 cm³/mol. The molecule has 0 fully saturated rings. The van der Waals surface area contributed by atoms with E-state index < -0.39 is 0 Å². The maximum atomic E-state index is 6.11. The van der Waals surface area contributed by atoms with Gasteiger partial charge in [-0.3, -0.25) is 4.98 Å². The summed E-state index contributed by atoms with van der Waals surface area (Å²) in [4.78, 5) is 3.98. The molecule has 0 saturated heterocycles. The number of hydrogen-bond donors (Lipinski definition) is 0. The molecule has 0 N–H and O–H groups in total. The summed E-state index contributed by atoms with van der Waals surface area (Å²) in [5.74, 6) is 0. The number of nitrogens with zero attached hydrogens (tertiary/aromatic N) is 1. The van der Waals surface area contributed by atoms with Gasteiger partial charge in [-0.25, -0.2) is 0 Å². The van der Waals surface area contributed by atoms with Gasteiger partial charge in [-0.05, 0) is 48.7 Å². The Labute approximate surface area is 94.7 Å². The van der Waals surface area contributed by atoms with Gasteiger partial charge in [0.25, 0.3) is 0 Å². The lowest BCUT2D eigenvalue weighted by Gasteiger charge is -2.06. The maximum absolute atomic E-state index is 6.11. The van der Waals surface area contributed by atoms with Crippen molar-refractivity contribution < 1.29 is 0 Å². The number of aromatic nitrogens is 1. The van der Waals surface area contributed by atoms with Crippen LogP contribution < -0.4 is 0 Å². The van der Waals surface area contributed by atoms with Crippen LogP contribution in [0.1, 0.15) is 11.1 Å². The van der Waals surface area contributed by atoms with Crippen LogP contribution in [-0.2, 0) is 0 Å². The zero-order valence-electron chi connectivity index (χ0n) is 8.71. The molecule has 1 radical (unpaired) electrons. The maximum Gasteiger partial charge on any atom is 0.0970 e. The second-order valence-corrected chi connectivity index (χ2v) is 3.96. The Morgan fingerprint density at radius 3 is 2.40 bits per heavy atom. The molecule has 1 aromatic heterocycles. The summed E-state index contributed by atoms with van der Waals surface area (Å²) in [5, 5.41) is 0.836. The Hall–Kier alpha value is -1.34. The van der Waals surface area contributed by atoms with E-state index in [2.05, 4.69) is 23.3 Å². The number of pyridine rings is 1. The normalized spacial score (nSPS) is 10.3. The fraction of sp³-hybridized carbons (Fsp3) is 0.154. The Bertz CT molecular complexity index is 454. The second-order valence-electron chi connectivity index (χ2n) is 3.59. The first-order valence-electron chi connectivity index (χ1n) is 4.78. The van der Waals surface area contributed by atoms with Gasteiger partial charge >= 0.3 is 0 Å². The van der Waals surface area contributed by atoms with Crippen molar-refractivity contribution in [3.8, 4) is 11.1 Å². The highest BCUT2D eigenvalue weighted by Crippen LogP contribution is 2.27. The van der Waals surface area contributed by atoms with Gasteiger partial charge in [-0.15, -0.1) is 0 Å². The van der Waals surface area contributed by atoms with Gasteiger partial charge in [0.2, 0.25) is 0 Å². The molecule has 0 aliphatic heterocycles. The van der Waals surface area contributed by atoms with Crippen molar-refractivity contribution in [3.05, 3.63) is 52.8 Å². The topological polar surface area (TPSA) is 12.9 Å². The standard InChI is InChI=1S/C13H11ClN/c1-9-6-12(7-10(2)13(9)14)11-4-3-5-15-8-11/h3-7H,1-2H3. The van der Waals surface area contributed by atoms with E-state index in [0.717, 1.165) is 27.3 Å². The van der Waals surface area contributed by atoms with Crippen LogP contribution in [0.3, 0.4) is 0 Å². The summed E-state index contributed by atoms with van der Waals surface area (Å²) in [6, 6.07) is 8.02. The van der Waals surface area contributed by atoms with Gasteiger partial charge in [-0.2, -0.15) is 0 Å². The van der Waals surface area contributed by atoms with Crippen LogP contribution in [0.5, 0.6) is 0 Å². The van der Waals surface area contributed by atoms with E-state index in [9.17, 15) is 0 Å². The van der Waals surface area contributed by atoms with Gasteiger partial charge < -0.3 is 0 Å². The van der Waals surface area contributed by atoms with Gasteiger partial charge in [-0.1, -0.05) is 17.7 Å². The minimum Gasteiger partial charge on any atom is -0.254 e. The molecule has 1 heterocycles. The second kappa shape index (κ2) is 4.03. The SMILES string of the molecule is Cc1cc(-c2[c]nccc2)cc(C)c1Cl. The fourth-order valence-electron chi connectivity index (χ4n) is 1.59. The molecule has 0 atom stereocenters. The van der Waals surface area contributed by atoms with E-state index in [1.165, 1.54) is 0 Å². The minimum atomic E-state index is 0.836. The van der Waals surface area contributed by atoms with E-state index in [1.807, 2.05) is 26.0 Å². The van der Waals surface area contributed by atoms with Crippen LogP contribution >= 0.6 is 11.6 Å². The zero-order chi connectivity index (χ0) is 10.8. The molecule has 0 unspecified atom stereocenters. The molecule has 2 heteroatoms. The average molecular weight is 217 g/mol. The average Bonchev–Trinajstić information content (AvgIpc) is 2.26. The smallest absolute Gasteiger partial charge is 0.0970 e. The van der Waals surface area contributed by atoms with Crippen molar-refractivity contribution >= 4 is 11.6 Å². The van der Waals surface area contributed by atoms with Crippen LogP contribution in [0.25, 0.3) is 11.1 Å². The van der Waals surface area contributed by atoms with Crippen molar-refractivity contribution in [2.45, 2.75) is 13.8 Å². The van der Waals surface area contributed by atoms with Crippen LogP contribution in [0, 0.1) is 20.0 Å². The highest BCUT2D eigenvalue weighted by Gasteiger charge is 2.04. The summed E-state index contributed by atoms with van der Waals surface area (Å²) < 4.78 is 0. The summed E-state index contributed by atoms with van der Waals surface area (Å²) in [7, 11) is 0. The predicted octanol–water partition coefficient (Wildman–Crippen LogP) is 3.82. The van der Waals surface area contributed by atoms with Crippen LogP contribution in [-0.4, -0.2) is 4.98 Å². The summed E-state index contributed by atoms with van der Waals surface area (Å²) in [6.07, 6.45) is 4.69. The van der Waals surface area contributed by atoms with Crippen molar-refractivity contribution in [1.29, 1.82) is 0 Å². The first-order valence-corrected chi connectivity index (χ1v) is 5.16. The third-order valence-corrected chi connectivity index (χ3v) is 2.95. The molecule has 15 heavy (non-hydrogen) atoms. The minimum absolute atomic E-state index is 0.836. The monoisotopic (exact) mass is 216 g/mol. The molecule has 1 aromatic carbocycles. The largest absolute Gasteiger partial charge is 0.254 e. The molecule has 1 nitrogen and oxygen atoms in total. The molecule has 0 bridgehead atoms. The van der Waals surface area contributed by atoms with E-state index in [4.69, 9.17) is 11.6 Å². The third-order valence-electron chi connectivity index (χ3n) is 2.36. The van der Waals surface area contributed by atoms with E-state index in [-0.39, 0.29) is 0 Å². The lowest BCUT2D eigenvalue weighted by molar-refractivity contribution is 1.30. The Balaban J connectivity index is 2.56. The lowest BCUT2D eigenvalue weighted by atomic mass is 10.0. The Morgan fingerprint density at radius 2 is 1.87 bits per heavy atom. The van der Waals surface area contributed by atoms with E-state index in [0.29, 0.717) is 0 Å². The quantitative estimate of drug-likeness (QED) is 0.706. The molecule has 0 amide bonds. The lowest BCUT2D eigenvalue weighted by Crippen LogP contribution is -1.86. The first-order chi connectivity index (χ1) is 7.18. The Kier molecular flexibility index (Phi) is 2.74. The summed E-state index contributed by atoms with van der Waals surface area (Å²) in [6.45, 7) is 4.02. The molecule has 75 valence electrons. The molecule has 0 aliphatic carbocycles. The van der Waals surface area contributed by atoms with E-state index >= 15 is 0 Å². The van der Waals surface area contributed by atoms with Crippen molar-refractivity contribution in [1.82, 2.24) is 4.98 Å². The highest BCUT2D eigenvalue weighted by atomic mass is 35.5. The summed E-state index contributed by atoms with van der Waals surface area (Å²) in [5.41, 5.74) is 4.29. The molecule has 0 spiro atoms. The zero-order valence-corrected chi connectivity index (χ0v) is 9.47. The van der Waals surface area contributed by atoms with Crippen molar-refractivity contribution in [3.63, 3.8) is 0 Å². The van der Waals surface area contributed by atoms with Gasteiger partial charge in [0.05, 0.1) is 6.20 Å². The van der Waals surface area contributed by atoms with Crippen LogP contribution in [0.15, 0.2) is 30.5 Å². The molecular formula is C13H11ClN. The van der Waals surface area contributed by atoms with Crippen molar-refractivity contribution in [2.24, 2.45) is 0 Å². The van der Waals surface area contributed by atoms with Crippen LogP contribution in [0.2, 0.25) is 5.02 Å². The van der Waals surface area contributed by atoms with E-state index in [1.54, 1.807) is 6.20 Å². The molecule has 2 rings (SSSR count).